The molecule has 0 atom stereocenters. The van der Waals surface area contributed by atoms with Crippen LogP contribution in [0.15, 0.2) is 0 Å². The molecule has 1 saturated heterocycles. The van der Waals surface area contributed by atoms with Gasteiger partial charge in [-0.3, -0.25) is 9.59 Å². The molecule has 1 fully saturated rings. The Morgan fingerprint density at radius 3 is 2.00 bits per heavy atom. The fourth-order valence-electron chi connectivity index (χ4n) is 1.72. The van der Waals surface area contributed by atoms with Gasteiger partial charge in [0.15, 0.2) is 0 Å². The number of rotatable bonds is 4. The van der Waals surface area contributed by atoms with Crippen LogP contribution in [0.1, 0.15) is 19.3 Å². The van der Waals surface area contributed by atoms with Gasteiger partial charge in [0.25, 0.3) is 0 Å². The first-order valence-electron chi connectivity index (χ1n) is 5.59. The number of unbranched alkanes of at least 4 members (excludes halogenated alkanes) is 1. The zero-order chi connectivity index (χ0) is 12.0. The lowest BCUT2D eigenvalue weighted by Gasteiger charge is -2.34. The number of amides is 2. The van der Waals surface area contributed by atoms with Crippen molar-refractivity contribution >= 4 is 27.7 Å². The molecule has 0 aromatic heterocycles. The van der Waals surface area contributed by atoms with E-state index in [1.807, 2.05) is 4.90 Å². The maximum absolute atomic E-state index is 11.7. The number of alkyl halides is 1. The van der Waals surface area contributed by atoms with Gasteiger partial charge >= 0.3 is 0 Å². The van der Waals surface area contributed by atoms with Crippen LogP contribution in [0, 0.1) is 6.92 Å². The Morgan fingerprint density at radius 2 is 1.56 bits per heavy atom. The largest absolute Gasteiger partial charge is 0.339 e. The summed E-state index contributed by atoms with van der Waals surface area (Å²) in [6.45, 7) is 6.35. The van der Waals surface area contributed by atoms with Crippen LogP contribution in [-0.2, 0) is 9.59 Å². The summed E-state index contributed by atoms with van der Waals surface area (Å²) in [5.74, 6) is 0.291. The molecule has 1 heterocycles. The highest BCUT2D eigenvalue weighted by atomic mass is 79.9. The van der Waals surface area contributed by atoms with Gasteiger partial charge in [0, 0.05) is 32.6 Å². The molecular weight excluding hydrogens is 272 g/mol. The van der Waals surface area contributed by atoms with Gasteiger partial charge in [-0.2, -0.15) is 0 Å². The molecule has 4 nitrogen and oxygen atoms in total. The number of carbonyl (C=O) groups is 2. The Bertz CT molecular complexity index is 250. The Hall–Kier alpha value is -0.580. The molecule has 5 heteroatoms. The summed E-state index contributed by atoms with van der Waals surface area (Å²) in [6.07, 6.45) is 2.23. The molecule has 0 aliphatic carbocycles. The standard InChI is InChI=1S/C11H18BrN2O2/c1-2-3-4-10(15)13-5-7-14(8-6-13)11(16)9-12/h1-9H2. The average Bonchev–Trinajstić information content (AvgIpc) is 2.35. The molecule has 0 aromatic rings. The van der Waals surface area contributed by atoms with Crippen LogP contribution in [0.3, 0.4) is 0 Å². The van der Waals surface area contributed by atoms with E-state index in [-0.39, 0.29) is 11.8 Å². The van der Waals surface area contributed by atoms with Gasteiger partial charge < -0.3 is 9.80 Å². The van der Waals surface area contributed by atoms with E-state index in [1.54, 1.807) is 4.90 Å². The van der Waals surface area contributed by atoms with Crippen molar-refractivity contribution < 1.29 is 9.59 Å². The molecule has 1 rings (SSSR count). The minimum absolute atomic E-state index is 0.102. The van der Waals surface area contributed by atoms with Crippen molar-refractivity contribution in [2.24, 2.45) is 0 Å². The number of halogens is 1. The van der Waals surface area contributed by atoms with Crippen LogP contribution in [0.25, 0.3) is 0 Å². The van der Waals surface area contributed by atoms with Gasteiger partial charge in [-0.05, 0) is 6.42 Å². The Balaban J connectivity index is 2.31. The van der Waals surface area contributed by atoms with Crippen molar-refractivity contribution in [1.29, 1.82) is 0 Å². The zero-order valence-corrected chi connectivity index (χ0v) is 11.0. The average molecular weight is 290 g/mol. The topological polar surface area (TPSA) is 40.6 Å². The molecule has 1 aliphatic rings. The van der Waals surface area contributed by atoms with E-state index in [2.05, 4.69) is 22.9 Å². The normalized spacial score (nSPS) is 16.4. The summed E-state index contributed by atoms with van der Waals surface area (Å²) in [6, 6.07) is 0. The second-order valence-corrected chi connectivity index (χ2v) is 4.41. The van der Waals surface area contributed by atoms with Gasteiger partial charge in [-0.1, -0.05) is 29.3 Å². The molecule has 1 aliphatic heterocycles. The summed E-state index contributed by atoms with van der Waals surface area (Å²) in [5.41, 5.74) is 0. The van der Waals surface area contributed by atoms with Gasteiger partial charge in [-0.15, -0.1) is 0 Å². The van der Waals surface area contributed by atoms with E-state index in [4.69, 9.17) is 0 Å². The predicted octanol–water partition coefficient (Wildman–Crippen LogP) is 1.06. The van der Waals surface area contributed by atoms with Crippen LogP contribution >= 0.6 is 15.9 Å². The first-order chi connectivity index (χ1) is 7.69. The Morgan fingerprint density at radius 1 is 1.06 bits per heavy atom. The number of piperazine rings is 1. The minimum atomic E-state index is 0.102. The minimum Gasteiger partial charge on any atom is -0.339 e. The molecular formula is C11H18BrN2O2. The molecule has 0 N–H and O–H groups in total. The van der Waals surface area contributed by atoms with Gasteiger partial charge in [0.2, 0.25) is 11.8 Å². The molecule has 16 heavy (non-hydrogen) atoms. The van der Waals surface area contributed by atoms with Crippen LogP contribution in [0.2, 0.25) is 0 Å². The van der Waals surface area contributed by atoms with Crippen molar-refractivity contribution in [3.8, 4) is 0 Å². The smallest absolute Gasteiger partial charge is 0.233 e. The summed E-state index contributed by atoms with van der Waals surface area (Å²) in [4.78, 5) is 26.7. The summed E-state index contributed by atoms with van der Waals surface area (Å²) >= 11 is 3.15. The third kappa shape index (κ3) is 3.77. The summed E-state index contributed by atoms with van der Waals surface area (Å²) in [5, 5.41) is 0.364. The number of nitrogens with zero attached hydrogens (tertiary/aromatic N) is 2. The second kappa shape index (κ2) is 6.89. The zero-order valence-electron chi connectivity index (χ0n) is 9.45. The van der Waals surface area contributed by atoms with E-state index in [0.717, 1.165) is 12.8 Å². The maximum atomic E-state index is 11.7. The number of hydrogen-bond donors (Lipinski definition) is 0. The van der Waals surface area contributed by atoms with Gasteiger partial charge in [0.1, 0.15) is 0 Å². The molecule has 0 saturated carbocycles. The van der Waals surface area contributed by atoms with Crippen molar-refractivity contribution in [1.82, 2.24) is 9.80 Å². The van der Waals surface area contributed by atoms with Crippen molar-refractivity contribution in [2.75, 3.05) is 31.5 Å². The highest BCUT2D eigenvalue weighted by Gasteiger charge is 2.22. The van der Waals surface area contributed by atoms with Crippen LogP contribution < -0.4 is 0 Å². The Labute approximate surface area is 105 Å². The highest BCUT2D eigenvalue weighted by Crippen LogP contribution is 2.07. The van der Waals surface area contributed by atoms with Crippen LogP contribution in [-0.4, -0.2) is 53.1 Å². The van der Waals surface area contributed by atoms with E-state index in [0.29, 0.717) is 37.9 Å². The lowest BCUT2D eigenvalue weighted by molar-refractivity contribution is -0.138. The third-order valence-corrected chi connectivity index (χ3v) is 3.22. The molecule has 0 aromatic carbocycles. The molecule has 2 amide bonds. The first-order valence-corrected chi connectivity index (χ1v) is 6.72. The summed E-state index contributed by atoms with van der Waals surface area (Å²) < 4.78 is 0. The van der Waals surface area contributed by atoms with Gasteiger partial charge in [-0.25, -0.2) is 0 Å². The molecule has 1 radical (unpaired) electrons. The van der Waals surface area contributed by atoms with Crippen molar-refractivity contribution in [3.63, 3.8) is 0 Å². The fraction of sp³-hybridized carbons (Fsp3) is 0.727. The molecule has 91 valence electrons. The fourth-order valence-corrected chi connectivity index (χ4v) is 2.08. The second-order valence-electron chi connectivity index (χ2n) is 3.85. The molecule has 0 bridgehead atoms. The highest BCUT2D eigenvalue weighted by molar-refractivity contribution is 9.09. The number of hydrogen-bond acceptors (Lipinski definition) is 2. The maximum Gasteiger partial charge on any atom is 0.233 e. The van der Waals surface area contributed by atoms with Crippen LogP contribution in [0.5, 0.6) is 0 Å². The third-order valence-electron chi connectivity index (χ3n) is 2.74. The molecule has 0 spiro atoms. The molecule has 0 unspecified atom stereocenters. The first kappa shape index (κ1) is 13.5. The lowest BCUT2D eigenvalue weighted by Crippen LogP contribution is -2.50. The monoisotopic (exact) mass is 289 g/mol. The predicted molar refractivity (Wildman–Crippen MR) is 66.2 cm³/mol. The van der Waals surface area contributed by atoms with Crippen molar-refractivity contribution in [2.45, 2.75) is 19.3 Å². The quantitative estimate of drug-likeness (QED) is 0.726. The number of carbonyl (C=O) groups excluding carboxylic acids is 2. The van der Waals surface area contributed by atoms with E-state index >= 15 is 0 Å². The van der Waals surface area contributed by atoms with Crippen LogP contribution in [0.4, 0.5) is 0 Å². The van der Waals surface area contributed by atoms with Crippen molar-refractivity contribution in [3.05, 3.63) is 6.92 Å². The summed E-state index contributed by atoms with van der Waals surface area (Å²) in [7, 11) is 0. The Kier molecular flexibility index (Phi) is 5.80. The van der Waals surface area contributed by atoms with E-state index < -0.39 is 0 Å². The van der Waals surface area contributed by atoms with E-state index in [1.165, 1.54) is 0 Å². The lowest BCUT2D eigenvalue weighted by atomic mass is 10.2. The van der Waals surface area contributed by atoms with E-state index in [9.17, 15) is 9.59 Å². The SMILES string of the molecule is [CH2]CCCC(=O)N1CCN(C(=O)CBr)CC1. The van der Waals surface area contributed by atoms with Gasteiger partial charge in [0.05, 0.1) is 5.33 Å².